The molecule has 0 spiro atoms. The van der Waals surface area contributed by atoms with Gasteiger partial charge >= 0.3 is 47.8 Å². The molecule has 8 bridgehead atoms. The number of ether oxygens (including phenoxy) is 8. The second-order valence-corrected chi connectivity index (χ2v) is 36.9. The van der Waals surface area contributed by atoms with E-state index < -0.39 is 85.0 Å². The lowest BCUT2D eigenvalue weighted by molar-refractivity contribution is -0.264. The van der Waals surface area contributed by atoms with Crippen molar-refractivity contribution in [1.82, 2.24) is 0 Å². The Morgan fingerprint density at radius 2 is 0.952 bits per heavy atom. The highest BCUT2D eigenvalue weighted by Crippen LogP contribution is 2.64. The van der Waals surface area contributed by atoms with Gasteiger partial charge in [0.05, 0.1) is 50.4 Å². The fourth-order valence-electron chi connectivity index (χ4n) is 16.5. The van der Waals surface area contributed by atoms with E-state index in [1.54, 1.807) is 46.8 Å². The molecule has 11 aliphatic rings. The Kier molecular flexibility index (Phi) is 27.2. The van der Waals surface area contributed by atoms with Crippen molar-refractivity contribution in [2.75, 3.05) is 6.61 Å². The first-order valence-corrected chi connectivity index (χ1v) is 38.7. The molecule has 104 heavy (non-hydrogen) atoms. The van der Waals surface area contributed by atoms with Crippen molar-refractivity contribution >= 4 is 47.8 Å². The normalized spacial score (nSPS) is 31.2. The Labute approximate surface area is 620 Å². The minimum Gasteiger partial charge on any atom is -0.508 e. The van der Waals surface area contributed by atoms with Crippen LogP contribution in [0.3, 0.4) is 0 Å². The predicted molar refractivity (Wildman–Crippen MR) is 389 cm³/mol. The van der Waals surface area contributed by atoms with Crippen LogP contribution in [0, 0.1) is 96.1 Å². The summed E-state index contributed by atoms with van der Waals surface area (Å²) >= 11 is 0. The lowest BCUT2D eigenvalue weighted by atomic mass is 9.50. The van der Waals surface area contributed by atoms with Crippen LogP contribution in [0.2, 0.25) is 0 Å². The minimum absolute atomic E-state index is 0.0458. The predicted octanol–water partition coefficient (Wildman–Crippen LogP) is 15.3. The quantitative estimate of drug-likeness (QED) is 0.0856. The van der Waals surface area contributed by atoms with Crippen molar-refractivity contribution in [3.63, 3.8) is 0 Å². The average Bonchev–Trinajstić information content (AvgIpc) is 1.43. The molecule has 2 heterocycles. The van der Waals surface area contributed by atoms with Crippen molar-refractivity contribution in [1.29, 1.82) is 10.5 Å². The maximum absolute atomic E-state index is 12.4. The van der Waals surface area contributed by atoms with E-state index >= 15 is 0 Å². The van der Waals surface area contributed by atoms with E-state index in [1.165, 1.54) is 37.7 Å². The maximum Gasteiger partial charge on any atom is 0.344 e. The molecule has 12 rings (SSSR count). The number of rotatable bonds is 19. The van der Waals surface area contributed by atoms with Crippen LogP contribution in [0.25, 0.3) is 0 Å². The highest BCUT2D eigenvalue weighted by molar-refractivity contribution is 5.86. The van der Waals surface area contributed by atoms with E-state index in [2.05, 4.69) is 39.8 Å². The molecule has 2 saturated heterocycles. The third-order valence-electron chi connectivity index (χ3n) is 25.2. The second kappa shape index (κ2) is 32.6. The molecular weight excluding hydrogens is 1330 g/mol. The van der Waals surface area contributed by atoms with Crippen LogP contribution in [-0.2, 0) is 76.3 Å². The van der Waals surface area contributed by atoms with Crippen LogP contribution in [0.15, 0.2) is 24.3 Å². The Morgan fingerprint density at radius 3 is 1.34 bits per heavy atom. The van der Waals surface area contributed by atoms with Gasteiger partial charge in [0.15, 0.2) is 17.4 Å². The van der Waals surface area contributed by atoms with Crippen molar-refractivity contribution in [2.45, 2.75) is 345 Å². The van der Waals surface area contributed by atoms with Crippen molar-refractivity contribution in [2.24, 2.45) is 73.4 Å². The summed E-state index contributed by atoms with van der Waals surface area (Å²) in [5.74, 6) is -0.791. The van der Waals surface area contributed by atoms with Gasteiger partial charge in [0, 0.05) is 42.9 Å². The number of carbonyl (C=O) groups excluding carboxylic acids is 8. The first-order valence-electron chi connectivity index (χ1n) is 38.7. The fraction of sp³-hybridized carbons (Fsp3) is 0.807. The number of esters is 8. The standard InChI is InChI=1S/C16H26O4.2C15H19NO4.C15H28O2.C12H22O4.C10H14O/c1-4-13(2,3)12(17)20-16-7-11-5-14(18,9-16)8-15(19,6-11)10-16;2*1-4-14(2,3)12(17)19-10-8-5-9-11(10)20-13(18)15(9,6-8)7-16;1-6-14(2,3)13(16)17-15(4,5)12-10-8-7-9-11-12;1-7-12(5,6)10(14)15-8-9(13)16-11(2,3)4;1-3-8(2)9-4-6-10(11)7-5-9/h11,18-19H,4-10H2,1-3H3;2*8-11H,4-6H2,1-3H3;12H,6-11H2,1-5H3;7-8H2,1-6H3;4-8,11H,3H2,1-2H3. The molecule has 0 radical (unpaired) electrons. The number of benzene rings is 1. The lowest BCUT2D eigenvalue weighted by Crippen LogP contribution is -2.67. The number of phenolic OH excluding ortho intramolecular Hbond substituents is 1. The number of fused-ring (bicyclic) bond motifs is 2. The molecule has 584 valence electrons. The molecule has 13 atom stereocenters. The summed E-state index contributed by atoms with van der Waals surface area (Å²) in [6.07, 6.45) is 15.6. The molecule has 13 unspecified atom stereocenters. The van der Waals surface area contributed by atoms with Crippen LogP contribution in [-0.4, -0.2) is 122 Å². The summed E-state index contributed by atoms with van der Waals surface area (Å²) in [5.41, 5.74) is -6.31. The zero-order valence-electron chi connectivity index (χ0n) is 67.0. The first-order chi connectivity index (χ1) is 47.9. The highest BCUT2D eigenvalue weighted by Gasteiger charge is 2.74. The van der Waals surface area contributed by atoms with E-state index in [0.717, 1.165) is 51.4 Å². The Bertz CT molecular complexity index is 3210. The number of phenols is 1. The van der Waals surface area contributed by atoms with Crippen LogP contribution in [0.4, 0.5) is 0 Å². The van der Waals surface area contributed by atoms with Gasteiger partial charge in [-0.3, -0.25) is 33.6 Å². The summed E-state index contributed by atoms with van der Waals surface area (Å²) in [7, 11) is 0. The molecule has 9 aliphatic carbocycles. The largest absolute Gasteiger partial charge is 0.508 e. The Balaban J connectivity index is 0.000000198. The molecule has 0 aromatic heterocycles. The van der Waals surface area contributed by atoms with Gasteiger partial charge in [0.2, 0.25) is 0 Å². The number of aromatic hydroxyl groups is 1. The number of hydrogen-bond donors (Lipinski definition) is 3. The summed E-state index contributed by atoms with van der Waals surface area (Å²) in [5, 5.41) is 48.9. The van der Waals surface area contributed by atoms with Crippen LogP contribution in [0.1, 0.15) is 299 Å². The van der Waals surface area contributed by atoms with Gasteiger partial charge in [0.25, 0.3) is 0 Å². The summed E-state index contributed by atoms with van der Waals surface area (Å²) < 4.78 is 43.6. The molecule has 1 aromatic carbocycles. The molecule has 3 N–H and O–H groups in total. The molecular formula is C83H128N2O19. The van der Waals surface area contributed by atoms with Crippen LogP contribution < -0.4 is 0 Å². The summed E-state index contributed by atoms with van der Waals surface area (Å²) in [4.78, 5) is 95.7. The van der Waals surface area contributed by atoms with Gasteiger partial charge in [-0.25, -0.2) is 4.79 Å². The number of hydrogen-bond acceptors (Lipinski definition) is 21. The number of aliphatic hydroxyl groups is 2. The van der Waals surface area contributed by atoms with Crippen molar-refractivity contribution in [3.8, 4) is 17.9 Å². The van der Waals surface area contributed by atoms with Gasteiger partial charge in [-0.2, -0.15) is 10.5 Å². The first kappa shape index (κ1) is 86.6. The fourth-order valence-corrected chi connectivity index (χ4v) is 16.5. The average molecular weight is 1460 g/mol. The topological polar surface area (TPSA) is 319 Å². The maximum atomic E-state index is 12.4. The van der Waals surface area contributed by atoms with E-state index in [1.807, 2.05) is 102 Å². The van der Waals surface area contributed by atoms with Crippen molar-refractivity contribution in [3.05, 3.63) is 29.8 Å². The van der Waals surface area contributed by atoms with E-state index in [0.29, 0.717) is 69.0 Å². The monoisotopic (exact) mass is 1460 g/mol. The van der Waals surface area contributed by atoms with Gasteiger partial charge < -0.3 is 53.2 Å². The smallest absolute Gasteiger partial charge is 0.344 e. The number of nitrogens with zero attached hydrogens (tertiary/aromatic N) is 2. The van der Waals surface area contributed by atoms with E-state index in [4.69, 9.17) is 43.0 Å². The van der Waals surface area contributed by atoms with Gasteiger partial charge in [-0.1, -0.05) is 79.9 Å². The summed E-state index contributed by atoms with van der Waals surface area (Å²) in [6.45, 7) is 41.9. The summed E-state index contributed by atoms with van der Waals surface area (Å²) in [6, 6.07) is 11.7. The third-order valence-corrected chi connectivity index (χ3v) is 25.2. The number of nitriles is 2. The SMILES string of the molecule is CCC(C)(C)C(=O)OC(C)(C)C1CCCCC1.CCC(C)(C)C(=O)OC12CC3CC(O)(CC(O)(C3)C1)C2.CCC(C)(C)C(=O)OC1C2CC3C1OC(=O)C3(C#N)C2.CCC(C)(C)C(=O)OC1C2CC3C1OC(=O)C3(C#N)C2.CCC(C)(C)C(=O)OCC(=O)OC(C)(C)C.CCC(C)c1ccc(O)cc1. The van der Waals surface area contributed by atoms with E-state index in [9.17, 15) is 59.1 Å². The van der Waals surface area contributed by atoms with Gasteiger partial charge in [-0.05, 0) is 236 Å². The second-order valence-electron chi connectivity index (χ2n) is 36.9. The molecule has 11 fully saturated rings. The third kappa shape index (κ3) is 19.5. The van der Waals surface area contributed by atoms with Crippen LogP contribution in [0.5, 0.6) is 5.75 Å². The molecule has 2 aliphatic heterocycles. The number of carbonyl (C=O) groups is 8. The Morgan fingerprint density at radius 1 is 0.548 bits per heavy atom. The Hall–Kier alpha value is -6.32. The molecule has 0 amide bonds. The zero-order chi connectivity index (χ0) is 78.6. The highest BCUT2D eigenvalue weighted by atomic mass is 16.6. The van der Waals surface area contributed by atoms with Gasteiger partial charge in [0.1, 0.15) is 47.0 Å². The molecule has 9 saturated carbocycles. The van der Waals surface area contributed by atoms with Crippen molar-refractivity contribution < 1.29 is 91.6 Å². The minimum atomic E-state index is -0.974. The van der Waals surface area contributed by atoms with Gasteiger partial charge in [-0.15, -0.1) is 0 Å². The zero-order valence-corrected chi connectivity index (χ0v) is 67.0. The van der Waals surface area contributed by atoms with Crippen LogP contribution >= 0.6 is 0 Å². The molecule has 1 aromatic rings. The lowest BCUT2D eigenvalue weighted by Gasteiger charge is -2.62. The van der Waals surface area contributed by atoms with E-state index in [-0.39, 0.29) is 89.3 Å². The molecule has 21 heteroatoms. The molecule has 21 nitrogen and oxygen atoms in total.